The number of likely N-dealkylation sites (tertiary alicyclic amines) is 1. The molecule has 1 atom stereocenters. The molecule has 0 spiro atoms. The highest BCUT2D eigenvalue weighted by molar-refractivity contribution is 8.01. The average Bonchev–Trinajstić information content (AvgIpc) is 3.07. The summed E-state index contributed by atoms with van der Waals surface area (Å²) >= 11 is 2.86. The predicted octanol–water partition coefficient (Wildman–Crippen LogP) is 4.17. The van der Waals surface area contributed by atoms with Crippen LogP contribution in [0.5, 0.6) is 5.19 Å². The predicted molar refractivity (Wildman–Crippen MR) is 101 cm³/mol. The number of hydrogen-bond acceptors (Lipinski definition) is 6. The molecule has 2 heterocycles. The van der Waals surface area contributed by atoms with E-state index in [4.69, 9.17) is 4.74 Å². The van der Waals surface area contributed by atoms with Gasteiger partial charge in [0.2, 0.25) is 5.91 Å². The molecule has 0 aliphatic carbocycles. The maximum absolute atomic E-state index is 13.1. The van der Waals surface area contributed by atoms with Gasteiger partial charge < -0.3 is 9.64 Å². The Bertz CT molecular complexity index is 685. The summed E-state index contributed by atoms with van der Waals surface area (Å²) in [4.78, 5) is 15.1. The Labute approximate surface area is 156 Å². The molecule has 1 aromatic carbocycles. The summed E-state index contributed by atoms with van der Waals surface area (Å²) in [5.41, 5.74) is 1.00. The number of piperidine rings is 1. The quantitative estimate of drug-likeness (QED) is 0.707. The van der Waals surface area contributed by atoms with Crippen molar-refractivity contribution in [1.82, 2.24) is 15.1 Å². The number of amides is 1. The van der Waals surface area contributed by atoms with E-state index in [9.17, 15) is 4.79 Å². The number of hydrogen-bond donors (Lipinski definition) is 0. The fourth-order valence-corrected chi connectivity index (χ4v) is 4.84. The maximum Gasteiger partial charge on any atom is 0.295 e. The Morgan fingerprint density at radius 1 is 1.16 bits per heavy atom. The topological polar surface area (TPSA) is 55.3 Å². The van der Waals surface area contributed by atoms with Gasteiger partial charge in [-0.15, -0.1) is 5.10 Å². The van der Waals surface area contributed by atoms with Crippen molar-refractivity contribution in [2.45, 2.75) is 48.8 Å². The van der Waals surface area contributed by atoms with Crippen LogP contribution in [-0.4, -0.2) is 40.2 Å². The van der Waals surface area contributed by atoms with Gasteiger partial charge in [-0.3, -0.25) is 4.79 Å². The van der Waals surface area contributed by atoms with Gasteiger partial charge in [-0.05, 0) is 50.0 Å². The van der Waals surface area contributed by atoms with E-state index < -0.39 is 0 Å². The number of thioether (sulfide) groups is 1. The summed E-state index contributed by atoms with van der Waals surface area (Å²) in [6.45, 7) is 5.61. The molecule has 1 aliphatic rings. The van der Waals surface area contributed by atoms with Crippen LogP contribution < -0.4 is 4.74 Å². The van der Waals surface area contributed by atoms with Crippen molar-refractivity contribution in [3.8, 4) is 5.19 Å². The van der Waals surface area contributed by atoms with Crippen LogP contribution in [0.2, 0.25) is 0 Å². The summed E-state index contributed by atoms with van der Waals surface area (Å²) in [6, 6.07) is 9.92. The molecule has 0 radical (unpaired) electrons. The van der Waals surface area contributed by atoms with Crippen LogP contribution >= 0.6 is 23.1 Å². The van der Waals surface area contributed by atoms with Crippen LogP contribution in [0.15, 0.2) is 34.7 Å². The first-order valence-electron chi connectivity index (χ1n) is 8.64. The summed E-state index contributed by atoms with van der Waals surface area (Å²) < 4.78 is 6.35. The third kappa shape index (κ3) is 4.95. The van der Waals surface area contributed by atoms with Crippen LogP contribution in [0.3, 0.4) is 0 Å². The van der Waals surface area contributed by atoms with Crippen molar-refractivity contribution in [3.63, 3.8) is 0 Å². The molecule has 5 nitrogen and oxygen atoms in total. The lowest BCUT2D eigenvalue weighted by Gasteiger charge is -2.30. The van der Waals surface area contributed by atoms with E-state index in [1.807, 2.05) is 49.1 Å². The van der Waals surface area contributed by atoms with E-state index in [1.54, 1.807) is 0 Å². The van der Waals surface area contributed by atoms with E-state index in [-0.39, 0.29) is 17.3 Å². The molecule has 0 saturated carbocycles. The minimum absolute atomic E-state index is 0.0608. The van der Waals surface area contributed by atoms with E-state index in [0.717, 1.165) is 35.8 Å². The van der Waals surface area contributed by atoms with Gasteiger partial charge in [-0.1, -0.05) is 47.2 Å². The van der Waals surface area contributed by atoms with E-state index >= 15 is 0 Å². The second kappa shape index (κ2) is 8.67. The number of carbonyl (C=O) groups is 1. The first-order chi connectivity index (χ1) is 12.1. The van der Waals surface area contributed by atoms with Gasteiger partial charge in [0, 0.05) is 13.1 Å². The van der Waals surface area contributed by atoms with E-state index in [0.29, 0.717) is 5.19 Å². The van der Waals surface area contributed by atoms with E-state index in [1.165, 1.54) is 29.5 Å². The SMILES string of the molecule is CC(C)Oc1nnc(SC(C(=O)N2CCCCC2)c2ccccc2)s1. The monoisotopic (exact) mass is 377 g/mol. The van der Waals surface area contributed by atoms with Gasteiger partial charge in [0.25, 0.3) is 5.19 Å². The Hall–Kier alpha value is -1.60. The molecular weight excluding hydrogens is 354 g/mol. The zero-order valence-corrected chi connectivity index (χ0v) is 16.2. The second-order valence-electron chi connectivity index (χ2n) is 6.30. The third-order valence-corrected chi connectivity index (χ3v) is 6.08. The molecule has 0 bridgehead atoms. The van der Waals surface area contributed by atoms with Gasteiger partial charge in [0.15, 0.2) is 4.34 Å². The molecule has 1 fully saturated rings. The zero-order valence-electron chi connectivity index (χ0n) is 14.6. The minimum atomic E-state index is -0.292. The number of aromatic nitrogens is 2. The second-order valence-corrected chi connectivity index (χ2v) is 8.59. The molecule has 1 aromatic heterocycles. The lowest BCUT2D eigenvalue weighted by atomic mass is 10.1. The summed E-state index contributed by atoms with van der Waals surface area (Å²) in [7, 11) is 0. The van der Waals surface area contributed by atoms with E-state index in [2.05, 4.69) is 10.2 Å². The smallest absolute Gasteiger partial charge is 0.295 e. The normalized spacial score (nSPS) is 16.0. The number of benzene rings is 1. The maximum atomic E-state index is 13.1. The number of nitrogens with zero attached hydrogens (tertiary/aromatic N) is 3. The van der Waals surface area contributed by atoms with Gasteiger partial charge >= 0.3 is 0 Å². The fourth-order valence-electron chi connectivity index (χ4n) is 2.76. The highest BCUT2D eigenvalue weighted by atomic mass is 32.2. The van der Waals surface area contributed by atoms with Crippen LogP contribution in [0.25, 0.3) is 0 Å². The molecule has 1 saturated heterocycles. The lowest BCUT2D eigenvalue weighted by molar-refractivity contribution is -0.131. The van der Waals surface area contributed by atoms with Crippen LogP contribution in [0.1, 0.15) is 43.9 Å². The van der Waals surface area contributed by atoms with Crippen molar-refractivity contribution < 1.29 is 9.53 Å². The van der Waals surface area contributed by atoms with Gasteiger partial charge in [0.05, 0.1) is 6.10 Å². The zero-order chi connectivity index (χ0) is 17.6. The number of rotatable bonds is 6. The van der Waals surface area contributed by atoms with Crippen molar-refractivity contribution in [3.05, 3.63) is 35.9 Å². The van der Waals surface area contributed by atoms with Gasteiger partial charge in [0.1, 0.15) is 5.25 Å². The molecular formula is C18H23N3O2S2. The van der Waals surface area contributed by atoms with Crippen molar-refractivity contribution in [2.75, 3.05) is 13.1 Å². The number of carbonyl (C=O) groups excluding carboxylic acids is 1. The van der Waals surface area contributed by atoms with Crippen LogP contribution in [0.4, 0.5) is 0 Å². The molecule has 0 N–H and O–H groups in total. The third-order valence-electron chi connectivity index (χ3n) is 3.94. The van der Waals surface area contributed by atoms with Gasteiger partial charge in [-0.25, -0.2) is 0 Å². The lowest BCUT2D eigenvalue weighted by Crippen LogP contribution is -2.38. The van der Waals surface area contributed by atoms with Crippen molar-refractivity contribution in [1.29, 1.82) is 0 Å². The summed E-state index contributed by atoms with van der Waals surface area (Å²) in [5, 5.41) is 8.53. The highest BCUT2D eigenvalue weighted by Crippen LogP contribution is 2.40. The van der Waals surface area contributed by atoms with Crippen molar-refractivity contribution >= 4 is 29.0 Å². The number of ether oxygens (including phenoxy) is 1. The van der Waals surface area contributed by atoms with Crippen LogP contribution in [-0.2, 0) is 4.79 Å². The highest BCUT2D eigenvalue weighted by Gasteiger charge is 2.29. The van der Waals surface area contributed by atoms with Gasteiger partial charge in [-0.2, -0.15) is 0 Å². The molecule has 134 valence electrons. The molecule has 7 heteroatoms. The Balaban J connectivity index is 1.79. The minimum Gasteiger partial charge on any atom is -0.466 e. The fraction of sp³-hybridized carbons (Fsp3) is 0.500. The molecule has 3 rings (SSSR count). The molecule has 1 aliphatic heterocycles. The molecule has 1 unspecified atom stereocenters. The Kier molecular flexibility index (Phi) is 6.31. The first-order valence-corrected chi connectivity index (χ1v) is 10.3. The average molecular weight is 378 g/mol. The molecule has 2 aromatic rings. The molecule has 25 heavy (non-hydrogen) atoms. The molecule has 1 amide bonds. The Morgan fingerprint density at radius 2 is 1.88 bits per heavy atom. The van der Waals surface area contributed by atoms with Crippen LogP contribution in [0, 0.1) is 0 Å². The Morgan fingerprint density at radius 3 is 2.56 bits per heavy atom. The largest absolute Gasteiger partial charge is 0.466 e. The standard InChI is InChI=1S/C18H23N3O2S2/c1-13(2)23-17-19-20-18(25-17)24-15(14-9-5-3-6-10-14)16(22)21-11-7-4-8-12-21/h3,5-6,9-10,13,15H,4,7-8,11-12H2,1-2H3. The summed E-state index contributed by atoms with van der Waals surface area (Å²) in [6.07, 6.45) is 3.44. The van der Waals surface area contributed by atoms with Crippen molar-refractivity contribution in [2.24, 2.45) is 0 Å². The summed E-state index contributed by atoms with van der Waals surface area (Å²) in [5.74, 6) is 0.164. The first kappa shape index (κ1) is 18.2.